The molecule has 2 heterocycles. The SMILES string of the molecule is O=C(CNc1noc(-c2ccccc2)n1)N1CCN(c2ccccc2)CC1. The minimum atomic E-state index is 0.0359. The van der Waals surface area contributed by atoms with E-state index in [9.17, 15) is 4.79 Å². The zero-order valence-electron chi connectivity index (χ0n) is 14.9. The molecule has 0 saturated carbocycles. The van der Waals surface area contributed by atoms with E-state index in [-0.39, 0.29) is 12.5 Å². The molecule has 1 aromatic heterocycles. The maximum absolute atomic E-state index is 12.5. The van der Waals surface area contributed by atoms with Crippen LogP contribution < -0.4 is 10.2 Å². The van der Waals surface area contributed by atoms with Gasteiger partial charge in [-0.05, 0) is 29.4 Å². The van der Waals surface area contributed by atoms with Crippen molar-refractivity contribution >= 4 is 17.5 Å². The van der Waals surface area contributed by atoms with Crippen LogP contribution in [0.1, 0.15) is 0 Å². The number of anilines is 2. The number of hydrogen-bond donors (Lipinski definition) is 1. The molecule has 0 aliphatic carbocycles. The van der Waals surface area contributed by atoms with Gasteiger partial charge in [-0.3, -0.25) is 4.79 Å². The monoisotopic (exact) mass is 363 g/mol. The van der Waals surface area contributed by atoms with E-state index in [1.807, 2.05) is 53.4 Å². The summed E-state index contributed by atoms with van der Waals surface area (Å²) in [4.78, 5) is 20.9. The molecule has 0 bridgehead atoms. The van der Waals surface area contributed by atoms with Gasteiger partial charge in [-0.25, -0.2) is 0 Å². The first-order chi connectivity index (χ1) is 13.3. The zero-order chi connectivity index (χ0) is 18.5. The average molecular weight is 363 g/mol. The second-order valence-corrected chi connectivity index (χ2v) is 6.35. The fourth-order valence-corrected chi connectivity index (χ4v) is 3.11. The number of aromatic nitrogens is 2. The van der Waals surface area contributed by atoms with Crippen molar-refractivity contribution in [3.63, 3.8) is 0 Å². The number of nitrogens with one attached hydrogen (secondary N) is 1. The molecule has 27 heavy (non-hydrogen) atoms. The summed E-state index contributed by atoms with van der Waals surface area (Å²) in [7, 11) is 0. The first-order valence-corrected chi connectivity index (χ1v) is 9.00. The molecular formula is C20H21N5O2. The number of para-hydroxylation sites is 1. The molecule has 1 amide bonds. The van der Waals surface area contributed by atoms with Crippen LogP contribution in [-0.2, 0) is 4.79 Å². The molecule has 138 valence electrons. The Morgan fingerprint density at radius 3 is 2.33 bits per heavy atom. The molecule has 1 saturated heterocycles. The number of hydrogen-bond acceptors (Lipinski definition) is 6. The third kappa shape index (κ3) is 4.08. The van der Waals surface area contributed by atoms with Crippen molar-refractivity contribution in [1.29, 1.82) is 0 Å². The Kier molecular flexibility index (Phi) is 5.00. The molecule has 7 nitrogen and oxygen atoms in total. The Labute approximate surface area is 157 Å². The van der Waals surface area contributed by atoms with E-state index >= 15 is 0 Å². The van der Waals surface area contributed by atoms with E-state index < -0.39 is 0 Å². The van der Waals surface area contributed by atoms with E-state index in [4.69, 9.17) is 4.52 Å². The molecule has 1 N–H and O–H groups in total. The van der Waals surface area contributed by atoms with Gasteiger partial charge in [0.25, 0.3) is 11.8 Å². The summed E-state index contributed by atoms with van der Waals surface area (Å²) in [5.41, 5.74) is 2.05. The normalized spacial score (nSPS) is 14.2. The van der Waals surface area contributed by atoms with Crippen molar-refractivity contribution in [3.05, 3.63) is 60.7 Å². The quantitative estimate of drug-likeness (QED) is 0.751. The molecule has 3 aromatic rings. The van der Waals surface area contributed by atoms with Gasteiger partial charge in [0.2, 0.25) is 5.91 Å². The molecule has 0 spiro atoms. The zero-order valence-corrected chi connectivity index (χ0v) is 14.9. The topological polar surface area (TPSA) is 74.5 Å². The van der Waals surface area contributed by atoms with Crippen molar-refractivity contribution in [2.75, 3.05) is 42.9 Å². The maximum Gasteiger partial charge on any atom is 0.264 e. The third-order valence-corrected chi connectivity index (χ3v) is 4.60. The molecule has 1 fully saturated rings. The van der Waals surface area contributed by atoms with Gasteiger partial charge in [-0.1, -0.05) is 36.4 Å². The Bertz CT molecular complexity index is 874. The second-order valence-electron chi connectivity index (χ2n) is 6.35. The number of nitrogens with zero attached hydrogens (tertiary/aromatic N) is 4. The predicted molar refractivity (Wildman–Crippen MR) is 103 cm³/mol. The van der Waals surface area contributed by atoms with Gasteiger partial charge in [-0.15, -0.1) is 0 Å². The molecule has 0 unspecified atom stereocenters. The molecule has 0 radical (unpaired) electrons. The van der Waals surface area contributed by atoms with Crippen LogP contribution in [0.15, 0.2) is 65.2 Å². The lowest BCUT2D eigenvalue weighted by molar-refractivity contribution is -0.129. The number of benzene rings is 2. The van der Waals surface area contributed by atoms with E-state index in [2.05, 4.69) is 32.5 Å². The average Bonchev–Trinajstić information content (AvgIpc) is 3.22. The number of carbonyl (C=O) groups excluding carboxylic acids is 1. The second kappa shape index (κ2) is 7.90. The minimum absolute atomic E-state index is 0.0359. The third-order valence-electron chi connectivity index (χ3n) is 4.60. The van der Waals surface area contributed by atoms with Crippen LogP contribution in [-0.4, -0.2) is 53.7 Å². The summed E-state index contributed by atoms with van der Waals surface area (Å²) < 4.78 is 5.24. The van der Waals surface area contributed by atoms with Crippen molar-refractivity contribution in [2.45, 2.75) is 0 Å². The fraction of sp³-hybridized carbons (Fsp3) is 0.250. The van der Waals surface area contributed by atoms with Crippen LogP contribution in [0.4, 0.5) is 11.6 Å². The summed E-state index contributed by atoms with van der Waals surface area (Å²) in [5, 5.41) is 6.84. The van der Waals surface area contributed by atoms with Gasteiger partial charge in [0.15, 0.2) is 0 Å². The molecular weight excluding hydrogens is 342 g/mol. The summed E-state index contributed by atoms with van der Waals surface area (Å²) in [6, 6.07) is 19.8. The van der Waals surface area contributed by atoms with E-state index in [1.165, 1.54) is 5.69 Å². The van der Waals surface area contributed by atoms with Crippen molar-refractivity contribution in [2.24, 2.45) is 0 Å². The Morgan fingerprint density at radius 1 is 0.963 bits per heavy atom. The van der Waals surface area contributed by atoms with Gasteiger partial charge < -0.3 is 19.6 Å². The summed E-state index contributed by atoms with van der Waals surface area (Å²) >= 11 is 0. The van der Waals surface area contributed by atoms with Gasteiger partial charge in [0.1, 0.15) is 0 Å². The summed E-state index contributed by atoms with van der Waals surface area (Å²) in [6.07, 6.45) is 0. The van der Waals surface area contributed by atoms with Crippen LogP contribution in [0.5, 0.6) is 0 Å². The minimum Gasteiger partial charge on any atom is -0.368 e. The van der Waals surface area contributed by atoms with Crippen molar-refractivity contribution in [1.82, 2.24) is 15.0 Å². The van der Waals surface area contributed by atoms with Crippen molar-refractivity contribution < 1.29 is 9.32 Å². The van der Waals surface area contributed by atoms with Crippen LogP contribution in [0.2, 0.25) is 0 Å². The highest BCUT2D eigenvalue weighted by molar-refractivity contribution is 5.80. The highest BCUT2D eigenvalue weighted by Gasteiger charge is 2.21. The highest BCUT2D eigenvalue weighted by atomic mass is 16.5. The number of carbonyl (C=O) groups is 1. The smallest absolute Gasteiger partial charge is 0.264 e. The lowest BCUT2D eigenvalue weighted by Gasteiger charge is -2.36. The molecule has 2 aromatic carbocycles. The summed E-state index contributed by atoms with van der Waals surface area (Å²) in [5.74, 6) is 0.793. The van der Waals surface area contributed by atoms with E-state index in [1.54, 1.807) is 0 Å². The van der Waals surface area contributed by atoms with E-state index in [0.717, 1.165) is 18.7 Å². The lowest BCUT2D eigenvalue weighted by Crippen LogP contribution is -2.50. The highest BCUT2D eigenvalue weighted by Crippen LogP contribution is 2.18. The maximum atomic E-state index is 12.5. The first kappa shape index (κ1) is 17.1. The predicted octanol–water partition coefficient (Wildman–Crippen LogP) is 2.50. The van der Waals surface area contributed by atoms with Gasteiger partial charge >= 0.3 is 0 Å². The van der Waals surface area contributed by atoms with Gasteiger partial charge in [-0.2, -0.15) is 4.98 Å². The molecule has 4 rings (SSSR count). The van der Waals surface area contributed by atoms with E-state index in [0.29, 0.717) is 24.9 Å². The van der Waals surface area contributed by atoms with Crippen molar-refractivity contribution in [3.8, 4) is 11.5 Å². The van der Waals surface area contributed by atoms with Crippen LogP contribution in [0.3, 0.4) is 0 Å². The number of amides is 1. The molecule has 0 atom stereocenters. The molecule has 1 aliphatic rings. The number of piperazine rings is 1. The standard InChI is InChI=1S/C20H21N5O2/c26-18(25-13-11-24(12-14-25)17-9-5-2-6-10-17)15-21-20-22-19(27-23-20)16-7-3-1-4-8-16/h1-10H,11-15H2,(H,21,23). The van der Waals surface area contributed by atoms with Crippen LogP contribution in [0, 0.1) is 0 Å². The summed E-state index contributed by atoms with van der Waals surface area (Å²) in [6.45, 7) is 3.22. The fourth-order valence-electron chi connectivity index (χ4n) is 3.11. The largest absolute Gasteiger partial charge is 0.368 e. The lowest BCUT2D eigenvalue weighted by atomic mass is 10.2. The van der Waals surface area contributed by atoms with Crippen LogP contribution >= 0.6 is 0 Å². The first-order valence-electron chi connectivity index (χ1n) is 9.00. The Hall–Kier alpha value is -3.35. The Morgan fingerprint density at radius 2 is 1.63 bits per heavy atom. The van der Waals surface area contributed by atoms with Crippen LogP contribution in [0.25, 0.3) is 11.5 Å². The number of rotatable bonds is 5. The van der Waals surface area contributed by atoms with Gasteiger partial charge in [0, 0.05) is 37.4 Å². The molecule has 7 heteroatoms. The Balaban J connectivity index is 1.27. The molecule has 1 aliphatic heterocycles. The van der Waals surface area contributed by atoms with Gasteiger partial charge in [0.05, 0.1) is 6.54 Å².